The Morgan fingerprint density at radius 1 is 1.38 bits per heavy atom. The van der Waals surface area contributed by atoms with Crippen LogP contribution in [-0.2, 0) is 6.42 Å². The molecule has 0 aliphatic heterocycles. The third kappa shape index (κ3) is 1.79. The summed E-state index contributed by atoms with van der Waals surface area (Å²) in [5.74, 6) is 0. The predicted octanol–water partition coefficient (Wildman–Crippen LogP) is 1.01. The summed E-state index contributed by atoms with van der Waals surface area (Å²) in [5, 5.41) is 8.99. The summed E-state index contributed by atoms with van der Waals surface area (Å²) in [6, 6.07) is 7.59. The maximum atomic E-state index is 11.6. The minimum absolute atomic E-state index is 0.0786. The molecule has 1 heterocycles. The van der Waals surface area contributed by atoms with Crippen LogP contribution in [0.3, 0.4) is 0 Å². The molecule has 0 atom stereocenters. The lowest BCUT2D eigenvalue weighted by atomic mass is 10.1. The van der Waals surface area contributed by atoms with Crippen LogP contribution in [0, 0.1) is 6.92 Å². The number of benzene rings is 1. The summed E-state index contributed by atoms with van der Waals surface area (Å²) < 4.78 is 1.62. The molecule has 4 nitrogen and oxygen atoms in total. The predicted molar refractivity (Wildman–Crippen MR) is 61.9 cm³/mol. The Morgan fingerprint density at radius 2 is 2.12 bits per heavy atom. The molecule has 2 aromatic rings. The fraction of sp³-hybridized carbons (Fsp3) is 0.250. The third-order valence-corrected chi connectivity index (χ3v) is 2.57. The standard InChI is InChI=1S/C12H14N2O2/c1-9-8-13-12(16)14(9)11-5-3-2-4-10(11)6-7-15/h2-5,8,15H,6-7H2,1H3,(H,13,16). The van der Waals surface area contributed by atoms with Gasteiger partial charge in [0.15, 0.2) is 0 Å². The normalized spacial score (nSPS) is 10.6. The molecule has 0 bridgehead atoms. The van der Waals surface area contributed by atoms with Crippen LogP contribution in [0.15, 0.2) is 35.3 Å². The highest BCUT2D eigenvalue weighted by atomic mass is 16.3. The summed E-state index contributed by atoms with van der Waals surface area (Å²) >= 11 is 0. The van der Waals surface area contributed by atoms with Gasteiger partial charge in [-0.3, -0.25) is 4.57 Å². The quantitative estimate of drug-likeness (QED) is 0.807. The highest BCUT2D eigenvalue weighted by Gasteiger charge is 2.08. The summed E-state index contributed by atoms with van der Waals surface area (Å²) in [4.78, 5) is 14.3. The lowest BCUT2D eigenvalue weighted by Crippen LogP contribution is -2.17. The van der Waals surface area contributed by atoms with E-state index in [1.165, 1.54) is 0 Å². The van der Waals surface area contributed by atoms with E-state index in [4.69, 9.17) is 5.11 Å². The van der Waals surface area contributed by atoms with E-state index in [0.717, 1.165) is 16.9 Å². The number of nitrogens with zero attached hydrogens (tertiary/aromatic N) is 1. The average Bonchev–Trinajstić information content (AvgIpc) is 2.60. The van der Waals surface area contributed by atoms with Crippen molar-refractivity contribution in [2.45, 2.75) is 13.3 Å². The first kappa shape index (κ1) is 10.7. The molecule has 0 aliphatic carbocycles. The number of aliphatic hydroxyl groups is 1. The first-order valence-electron chi connectivity index (χ1n) is 5.20. The zero-order chi connectivity index (χ0) is 11.5. The highest BCUT2D eigenvalue weighted by Crippen LogP contribution is 2.14. The Hall–Kier alpha value is -1.81. The second-order valence-electron chi connectivity index (χ2n) is 3.67. The number of aliphatic hydroxyl groups excluding tert-OH is 1. The molecule has 2 N–H and O–H groups in total. The molecule has 0 unspecified atom stereocenters. The third-order valence-electron chi connectivity index (χ3n) is 2.57. The van der Waals surface area contributed by atoms with Crippen LogP contribution in [-0.4, -0.2) is 21.3 Å². The number of para-hydroxylation sites is 1. The molecule has 1 aromatic heterocycles. The van der Waals surface area contributed by atoms with Gasteiger partial charge >= 0.3 is 5.69 Å². The van der Waals surface area contributed by atoms with Gasteiger partial charge in [0.1, 0.15) is 0 Å². The number of hydrogen-bond donors (Lipinski definition) is 2. The van der Waals surface area contributed by atoms with Gasteiger partial charge in [0.2, 0.25) is 0 Å². The van der Waals surface area contributed by atoms with Crippen LogP contribution < -0.4 is 5.69 Å². The molecule has 4 heteroatoms. The molecule has 84 valence electrons. The Bertz CT molecular complexity index is 540. The number of hydrogen-bond acceptors (Lipinski definition) is 2. The molecule has 16 heavy (non-hydrogen) atoms. The maximum Gasteiger partial charge on any atom is 0.330 e. The van der Waals surface area contributed by atoms with Gasteiger partial charge in [-0.05, 0) is 25.0 Å². The second-order valence-corrected chi connectivity index (χ2v) is 3.67. The smallest absolute Gasteiger partial charge is 0.330 e. The topological polar surface area (TPSA) is 58.0 Å². The molecular weight excluding hydrogens is 204 g/mol. The zero-order valence-corrected chi connectivity index (χ0v) is 9.10. The summed E-state index contributed by atoms with van der Waals surface area (Å²) in [5.41, 5.74) is 2.51. The number of imidazole rings is 1. The van der Waals surface area contributed by atoms with E-state index in [0.29, 0.717) is 6.42 Å². The molecule has 1 aromatic carbocycles. The van der Waals surface area contributed by atoms with Gasteiger partial charge in [-0.2, -0.15) is 0 Å². The average molecular weight is 218 g/mol. The SMILES string of the molecule is Cc1c[nH]c(=O)n1-c1ccccc1CCO. The minimum Gasteiger partial charge on any atom is -0.396 e. The van der Waals surface area contributed by atoms with Gasteiger partial charge in [-0.25, -0.2) is 4.79 Å². The Balaban J connectivity index is 2.60. The molecule has 0 amide bonds. The van der Waals surface area contributed by atoms with Crippen molar-refractivity contribution in [1.82, 2.24) is 9.55 Å². The molecule has 0 saturated heterocycles. The van der Waals surface area contributed by atoms with E-state index in [-0.39, 0.29) is 12.3 Å². The molecule has 0 fully saturated rings. The molecule has 0 saturated carbocycles. The Morgan fingerprint density at radius 3 is 2.75 bits per heavy atom. The van der Waals surface area contributed by atoms with Gasteiger partial charge in [0.05, 0.1) is 5.69 Å². The highest BCUT2D eigenvalue weighted by molar-refractivity contribution is 5.42. The number of aromatic nitrogens is 2. The van der Waals surface area contributed by atoms with Crippen LogP contribution in [0.1, 0.15) is 11.3 Å². The monoisotopic (exact) mass is 218 g/mol. The zero-order valence-electron chi connectivity index (χ0n) is 9.10. The fourth-order valence-corrected chi connectivity index (χ4v) is 1.82. The van der Waals surface area contributed by atoms with E-state index < -0.39 is 0 Å². The van der Waals surface area contributed by atoms with Crippen molar-refractivity contribution < 1.29 is 5.11 Å². The van der Waals surface area contributed by atoms with Gasteiger partial charge in [-0.15, -0.1) is 0 Å². The van der Waals surface area contributed by atoms with Crippen LogP contribution in [0.2, 0.25) is 0 Å². The first-order chi connectivity index (χ1) is 7.74. The van der Waals surface area contributed by atoms with Crippen molar-refractivity contribution in [1.29, 1.82) is 0 Å². The number of nitrogens with one attached hydrogen (secondary N) is 1. The van der Waals surface area contributed by atoms with Crippen LogP contribution in [0.5, 0.6) is 0 Å². The van der Waals surface area contributed by atoms with E-state index in [9.17, 15) is 4.79 Å². The van der Waals surface area contributed by atoms with Gasteiger partial charge < -0.3 is 10.1 Å². The van der Waals surface area contributed by atoms with Crippen molar-refractivity contribution in [3.63, 3.8) is 0 Å². The van der Waals surface area contributed by atoms with Crippen molar-refractivity contribution in [2.24, 2.45) is 0 Å². The van der Waals surface area contributed by atoms with Gasteiger partial charge in [-0.1, -0.05) is 18.2 Å². The van der Waals surface area contributed by atoms with Crippen LogP contribution >= 0.6 is 0 Å². The minimum atomic E-state index is -0.150. The van der Waals surface area contributed by atoms with Crippen LogP contribution in [0.25, 0.3) is 5.69 Å². The van der Waals surface area contributed by atoms with Crippen molar-refractivity contribution >= 4 is 0 Å². The van der Waals surface area contributed by atoms with E-state index >= 15 is 0 Å². The van der Waals surface area contributed by atoms with Crippen molar-refractivity contribution in [3.8, 4) is 5.69 Å². The molecule has 0 radical (unpaired) electrons. The number of aryl methyl sites for hydroxylation is 1. The lowest BCUT2D eigenvalue weighted by Gasteiger charge is -2.09. The molecule has 0 aliphatic rings. The van der Waals surface area contributed by atoms with Crippen LogP contribution in [0.4, 0.5) is 0 Å². The maximum absolute atomic E-state index is 11.6. The number of aromatic amines is 1. The van der Waals surface area contributed by atoms with E-state index in [2.05, 4.69) is 4.98 Å². The Labute approximate surface area is 93.2 Å². The van der Waals surface area contributed by atoms with E-state index in [1.807, 2.05) is 31.2 Å². The molecular formula is C12H14N2O2. The van der Waals surface area contributed by atoms with Crippen molar-refractivity contribution in [2.75, 3.05) is 6.61 Å². The summed E-state index contributed by atoms with van der Waals surface area (Å²) in [6.07, 6.45) is 2.23. The fourth-order valence-electron chi connectivity index (χ4n) is 1.82. The summed E-state index contributed by atoms with van der Waals surface area (Å²) in [6.45, 7) is 1.95. The lowest BCUT2D eigenvalue weighted by molar-refractivity contribution is 0.299. The Kier molecular flexibility index (Phi) is 2.92. The first-order valence-corrected chi connectivity index (χ1v) is 5.20. The number of H-pyrrole nitrogens is 1. The largest absolute Gasteiger partial charge is 0.396 e. The molecule has 2 rings (SSSR count). The van der Waals surface area contributed by atoms with Gasteiger partial charge in [0, 0.05) is 18.5 Å². The summed E-state index contributed by atoms with van der Waals surface area (Å²) in [7, 11) is 0. The molecule has 0 spiro atoms. The number of rotatable bonds is 3. The van der Waals surface area contributed by atoms with Gasteiger partial charge in [0.25, 0.3) is 0 Å². The van der Waals surface area contributed by atoms with E-state index in [1.54, 1.807) is 10.8 Å². The second kappa shape index (κ2) is 4.37. The van der Waals surface area contributed by atoms with Crippen molar-refractivity contribution in [3.05, 3.63) is 52.2 Å².